The van der Waals surface area contributed by atoms with Crippen LogP contribution >= 0.6 is 0 Å². The van der Waals surface area contributed by atoms with Gasteiger partial charge in [-0.15, -0.1) is 0 Å². The maximum absolute atomic E-state index is 13.9. The molecule has 1 aromatic carbocycles. The molecule has 0 unspecified atom stereocenters. The predicted octanol–water partition coefficient (Wildman–Crippen LogP) is 2.63. The van der Waals surface area contributed by atoms with Crippen molar-refractivity contribution in [2.45, 2.75) is 45.8 Å². The number of halogens is 1. The summed E-state index contributed by atoms with van der Waals surface area (Å²) < 4.78 is 21.0. The van der Waals surface area contributed by atoms with E-state index in [1.54, 1.807) is 13.0 Å². The summed E-state index contributed by atoms with van der Waals surface area (Å²) in [6.07, 6.45) is 2.07. The number of benzene rings is 1. The highest BCUT2D eigenvalue weighted by Crippen LogP contribution is 2.33. The number of nitrogens with one attached hydrogen (secondary N) is 1. The van der Waals surface area contributed by atoms with E-state index in [9.17, 15) is 9.18 Å². The average Bonchev–Trinajstić information content (AvgIpc) is 3.29. The van der Waals surface area contributed by atoms with E-state index in [-0.39, 0.29) is 17.8 Å². The number of carbonyl (C=O) groups is 1. The van der Waals surface area contributed by atoms with Crippen LogP contribution in [0.25, 0.3) is 11.0 Å². The summed E-state index contributed by atoms with van der Waals surface area (Å²) in [7, 11) is 0. The summed E-state index contributed by atoms with van der Waals surface area (Å²) in [5.74, 6) is 0.549. The second kappa shape index (κ2) is 6.66. The Kier molecular flexibility index (Phi) is 4.61. The Morgan fingerprint density at radius 3 is 2.91 bits per heavy atom. The van der Waals surface area contributed by atoms with Gasteiger partial charge in [-0.2, -0.15) is 0 Å². The third-order valence-electron chi connectivity index (χ3n) is 4.24. The van der Waals surface area contributed by atoms with E-state index in [0.717, 1.165) is 24.2 Å². The number of aryl methyl sites for hydroxylation is 1. The molecule has 23 heavy (non-hydrogen) atoms. The summed E-state index contributed by atoms with van der Waals surface area (Å²) in [5.41, 5.74) is 1.16. The number of fused-ring (bicyclic) bond motifs is 1. The topological polar surface area (TPSA) is 56.1 Å². The summed E-state index contributed by atoms with van der Waals surface area (Å²) in [6, 6.07) is 4.67. The number of rotatable bonds is 7. The standard InChI is InChI=1S/C17H22FN3O2/c1-3-21-13-7-5-6-12(18)16(13)20-14(21)10-19-15(11-8-9-11)17(22)23-4-2/h5-7,11,15,19H,3-4,8-10H2,1-2H3/t15-/m1/s1. The molecule has 1 aliphatic carbocycles. The first-order valence-corrected chi connectivity index (χ1v) is 8.19. The first kappa shape index (κ1) is 15.9. The Balaban J connectivity index is 1.80. The quantitative estimate of drug-likeness (QED) is 0.797. The van der Waals surface area contributed by atoms with Crippen LogP contribution in [-0.4, -0.2) is 28.2 Å². The van der Waals surface area contributed by atoms with Gasteiger partial charge in [-0.3, -0.25) is 10.1 Å². The molecule has 5 nitrogen and oxygen atoms in total. The summed E-state index contributed by atoms with van der Waals surface area (Å²) in [5, 5.41) is 3.26. The van der Waals surface area contributed by atoms with Crippen LogP contribution < -0.4 is 5.32 Å². The summed E-state index contributed by atoms with van der Waals surface area (Å²) >= 11 is 0. The summed E-state index contributed by atoms with van der Waals surface area (Å²) in [4.78, 5) is 16.5. The van der Waals surface area contributed by atoms with Gasteiger partial charge in [-0.25, -0.2) is 9.37 Å². The minimum Gasteiger partial charge on any atom is -0.465 e. The second-order valence-corrected chi connectivity index (χ2v) is 5.83. The molecule has 0 radical (unpaired) electrons. The Morgan fingerprint density at radius 2 is 2.26 bits per heavy atom. The smallest absolute Gasteiger partial charge is 0.323 e. The first-order chi connectivity index (χ1) is 11.2. The van der Waals surface area contributed by atoms with Gasteiger partial charge in [0.1, 0.15) is 17.4 Å². The number of hydrogen-bond acceptors (Lipinski definition) is 4. The van der Waals surface area contributed by atoms with Gasteiger partial charge in [0.15, 0.2) is 5.82 Å². The van der Waals surface area contributed by atoms with Gasteiger partial charge in [0.25, 0.3) is 0 Å². The van der Waals surface area contributed by atoms with Gasteiger partial charge >= 0.3 is 5.97 Å². The predicted molar refractivity (Wildman–Crippen MR) is 85.3 cm³/mol. The van der Waals surface area contributed by atoms with Gasteiger partial charge in [-0.1, -0.05) is 6.07 Å². The number of para-hydroxylation sites is 1. The lowest BCUT2D eigenvalue weighted by molar-refractivity contribution is -0.146. The van der Waals surface area contributed by atoms with Crippen molar-refractivity contribution in [3.8, 4) is 0 Å². The van der Waals surface area contributed by atoms with E-state index < -0.39 is 0 Å². The molecule has 0 amide bonds. The molecule has 1 N–H and O–H groups in total. The molecule has 1 atom stereocenters. The fraction of sp³-hybridized carbons (Fsp3) is 0.529. The van der Waals surface area contributed by atoms with Crippen LogP contribution in [0.3, 0.4) is 0 Å². The monoisotopic (exact) mass is 319 g/mol. The van der Waals surface area contributed by atoms with Gasteiger partial charge < -0.3 is 9.30 Å². The minimum absolute atomic E-state index is 0.208. The summed E-state index contributed by atoms with van der Waals surface area (Å²) in [6.45, 7) is 5.30. The Morgan fingerprint density at radius 1 is 1.48 bits per heavy atom. The normalized spacial score (nSPS) is 15.8. The number of ether oxygens (including phenoxy) is 1. The number of nitrogens with zero attached hydrogens (tertiary/aromatic N) is 2. The molecule has 6 heteroatoms. The first-order valence-electron chi connectivity index (χ1n) is 8.19. The van der Waals surface area contributed by atoms with E-state index in [4.69, 9.17) is 4.74 Å². The van der Waals surface area contributed by atoms with Crippen LogP contribution in [0.4, 0.5) is 4.39 Å². The molecule has 0 aliphatic heterocycles. The van der Waals surface area contributed by atoms with Crippen LogP contribution in [-0.2, 0) is 22.6 Å². The molecule has 0 bridgehead atoms. The van der Waals surface area contributed by atoms with Crippen LogP contribution in [0.2, 0.25) is 0 Å². The Labute approximate surface area is 134 Å². The highest BCUT2D eigenvalue weighted by Gasteiger charge is 2.37. The maximum atomic E-state index is 13.9. The number of esters is 1. The van der Waals surface area contributed by atoms with Crippen molar-refractivity contribution in [2.75, 3.05) is 6.61 Å². The van der Waals surface area contributed by atoms with Crippen LogP contribution in [0.1, 0.15) is 32.5 Å². The minimum atomic E-state index is -0.319. The van der Waals surface area contributed by atoms with Gasteiger partial charge in [0.05, 0.1) is 18.7 Å². The molecule has 1 aromatic heterocycles. The van der Waals surface area contributed by atoms with Crippen LogP contribution in [0.5, 0.6) is 0 Å². The lowest BCUT2D eigenvalue weighted by atomic mass is 10.2. The third kappa shape index (κ3) is 3.22. The van der Waals surface area contributed by atoms with Crippen LogP contribution in [0, 0.1) is 11.7 Å². The van der Waals surface area contributed by atoms with Crippen molar-refractivity contribution < 1.29 is 13.9 Å². The van der Waals surface area contributed by atoms with Crippen molar-refractivity contribution >= 4 is 17.0 Å². The van der Waals surface area contributed by atoms with E-state index in [1.165, 1.54) is 6.07 Å². The van der Waals surface area contributed by atoms with Crippen molar-refractivity contribution in [1.29, 1.82) is 0 Å². The number of imidazole rings is 1. The van der Waals surface area contributed by atoms with Crippen LogP contribution in [0.15, 0.2) is 18.2 Å². The zero-order valence-electron chi connectivity index (χ0n) is 13.5. The van der Waals surface area contributed by atoms with Gasteiger partial charge in [0.2, 0.25) is 0 Å². The Hall–Kier alpha value is -1.95. The molecule has 3 rings (SSSR count). The van der Waals surface area contributed by atoms with Crippen molar-refractivity contribution in [2.24, 2.45) is 5.92 Å². The largest absolute Gasteiger partial charge is 0.465 e. The van der Waals surface area contributed by atoms with Crippen molar-refractivity contribution in [1.82, 2.24) is 14.9 Å². The molecule has 1 aliphatic rings. The fourth-order valence-electron chi connectivity index (χ4n) is 2.95. The van der Waals surface area contributed by atoms with E-state index in [0.29, 0.717) is 31.1 Å². The molecule has 1 heterocycles. The molecule has 0 spiro atoms. The van der Waals surface area contributed by atoms with E-state index in [1.807, 2.05) is 17.6 Å². The molecule has 2 aromatic rings. The van der Waals surface area contributed by atoms with E-state index in [2.05, 4.69) is 10.3 Å². The molecular formula is C17H22FN3O2. The second-order valence-electron chi connectivity index (χ2n) is 5.83. The SMILES string of the molecule is CCOC(=O)[C@H](NCc1nc2c(F)cccc2n1CC)C1CC1. The fourth-order valence-corrected chi connectivity index (χ4v) is 2.95. The Bertz CT molecular complexity index is 709. The highest BCUT2D eigenvalue weighted by molar-refractivity contribution is 5.77. The zero-order chi connectivity index (χ0) is 16.4. The highest BCUT2D eigenvalue weighted by atomic mass is 19.1. The average molecular weight is 319 g/mol. The zero-order valence-corrected chi connectivity index (χ0v) is 13.5. The molecule has 124 valence electrons. The third-order valence-corrected chi connectivity index (χ3v) is 4.24. The molecule has 1 fully saturated rings. The number of aromatic nitrogens is 2. The number of hydrogen-bond donors (Lipinski definition) is 1. The molecule has 0 saturated heterocycles. The lowest BCUT2D eigenvalue weighted by Gasteiger charge is -2.16. The van der Waals surface area contributed by atoms with Crippen molar-refractivity contribution in [3.63, 3.8) is 0 Å². The molecular weight excluding hydrogens is 297 g/mol. The number of carbonyl (C=O) groups excluding carboxylic acids is 1. The van der Waals surface area contributed by atoms with Gasteiger partial charge in [0, 0.05) is 6.54 Å². The molecule has 1 saturated carbocycles. The maximum Gasteiger partial charge on any atom is 0.323 e. The van der Waals surface area contributed by atoms with Crippen molar-refractivity contribution in [3.05, 3.63) is 29.8 Å². The lowest BCUT2D eigenvalue weighted by Crippen LogP contribution is -2.40. The van der Waals surface area contributed by atoms with E-state index >= 15 is 0 Å². The van der Waals surface area contributed by atoms with Gasteiger partial charge in [-0.05, 0) is 44.7 Å².